The van der Waals surface area contributed by atoms with Crippen molar-refractivity contribution >= 4 is 10.2 Å². The van der Waals surface area contributed by atoms with Crippen LogP contribution in [0.3, 0.4) is 0 Å². The number of nitrogens with two attached hydrogens (primary N) is 1. The van der Waals surface area contributed by atoms with E-state index in [1.165, 1.54) is 0 Å². The van der Waals surface area contributed by atoms with Gasteiger partial charge in [-0.3, -0.25) is 0 Å². The van der Waals surface area contributed by atoms with Gasteiger partial charge in [-0.15, -0.1) is 0 Å². The normalized spacial score (nSPS) is 21.6. The van der Waals surface area contributed by atoms with E-state index >= 15 is 0 Å². The van der Waals surface area contributed by atoms with Crippen molar-refractivity contribution in [1.82, 2.24) is 9.03 Å². The average Bonchev–Trinajstić information content (AvgIpc) is 2.28. The Kier molecular flexibility index (Phi) is 5.85. The van der Waals surface area contributed by atoms with Crippen LogP contribution in [0.15, 0.2) is 0 Å². The van der Waals surface area contributed by atoms with Crippen molar-refractivity contribution in [3.63, 3.8) is 0 Å². The molecule has 1 aliphatic heterocycles. The lowest BCUT2D eigenvalue weighted by atomic mass is 10.0. The molecule has 5 nitrogen and oxygen atoms in total. The van der Waals surface area contributed by atoms with Gasteiger partial charge in [0.25, 0.3) is 10.2 Å². The van der Waals surface area contributed by atoms with E-state index in [0.29, 0.717) is 25.6 Å². The minimum Gasteiger partial charge on any atom is -0.329 e. The third-order valence-corrected chi connectivity index (χ3v) is 5.00. The second-order valence-electron chi connectivity index (χ2n) is 4.93. The van der Waals surface area contributed by atoms with Crippen LogP contribution in [0.1, 0.15) is 39.5 Å². The summed E-state index contributed by atoms with van der Waals surface area (Å²) in [6, 6.07) is -0.135. The molecule has 1 aliphatic rings. The van der Waals surface area contributed by atoms with Crippen LogP contribution in [-0.4, -0.2) is 38.4 Å². The van der Waals surface area contributed by atoms with E-state index in [4.69, 9.17) is 5.73 Å². The smallest absolute Gasteiger partial charge is 0.279 e. The zero-order chi connectivity index (χ0) is 12.9. The summed E-state index contributed by atoms with van der Waals surface area (Å²) in [5.41, 5.74) is 5.57. The van der Waals surface area contributed by atoms with E-state index in [1.807, 2.05) is 6.92 Å². The number of rotatable bonds is 6. The number of hydrogen-bond donors (Lipinski definition) is 2. The molecule has 1 heterocycles. The summed E-state index contributed by atoms with van der Waals surface area (Å²) in [7, 11) is -3.34. The molecule has 1 saturated heterocycles. The van der Waals surface area contributed by atoms with Gasteiger partial charge in [0.05, 0.1) is 0 Å². The lowest BCUT2D eigenvalue weighted by Crippen LogP contribution is -2.50. The molecule has 1 unspecified atom stereocenters. The standard InChI is InChI=1S/C11H25N3O2S/c1-3-4-11(9-12)13-17(15,16)14-7-5-10(2)6-8-14/h10-11,13H,3-9,12H2,1-2H3. The second-order valence-corrected chi connectivity index (χ2v) is 6.63. The Morgan fingerprint density at radius 3 is 2.47 bits per heavy atom. The van der Waals surface area contributed by atoms with Crippen LogP contribution in [0.2, 0.25) is 0 Å². The Balaban J connectivity index is 2.55. The Morgan fingerprint density at radius 2 is 2.00 bits per heavy atom. The minimum atomic E-state index is -3.34. The first-order valence-corrected chi connectivity index (χ1v) is 7.91. The van der Waals surface area contributed by atoms with E-state index in [-0.39, 0.29) is 6.04 Å². The van der Waals surface area contributed by atoms with Gasteiger partial charge in [0.1, 0.15) is 0 Å². The predicted octanol–water partition coefficient (Wildman–Crippen LogP) is 0.680. The molecule has 0 bridgehead atoms. The summed E-state index contributed by atoms with van der Waals surface area (Å²) in [4.78, 5) is 0. The van der Waals surface area contributed by atoms with Crippen LogP contribution < -0.4 is 10.5 Å². The maximum Gasteiger partial charge on any atom is 0.279 e. The molecule has 0 saturated carbocycles. The van der Waals surface area contributed by atoms with Crippen LogP contribution >= 0.6 is 0 Å². The molecule has 1 atom stereocenters. The zero-order valence-corrected chi connectivity index (χ0v) is 11.7. The first kappa shape index (κ1) is 14.9. The van der Waals surface area contributed by atoms with Crippen molar-refractivity contribution in [2.75, 3.05) is 19.6 Å². The molecule has 0 radical (unpaired) electrons. The molecule has 0 aromatic heterocycles. The number of nitrogens with zero attached hydrogens (tertiary/aromatic N) is 1. The van der Waals surface area contributed by atoms with E-state index in [9.17, 15) is 8.42 Å². The van der Waals surface area contributed by atoms with Crippen LogP contribution in [-0.2, 0) is 10.2 Å². The Labute approximate surface area is 105 Å². The maximum absolute atomic E-state index is 12.1. The SMILES string of the molecule is CCCC(CN)NS(=O)(=O)N1CCC(C)CC1. The predicted molar refractivity (Wildman–Crippen MR) is 69.8 cm³/mol. The largest absolute Gasteiger partial charge is 0.329 e. The van der Waals surface area contributed by atoms with Crippen LogP contribution in [0.5, 0.6) is 0 Å². The topological polar surface area (TPSA) is 75.4 Å². The highest BCUT2D eigenvalue weighted by atomic mass is 32.2. The fraction of sp³-hybridized carbons (Fsp3) is 1.00. The molecular weight excluding hydrogens is 238 g/mol. The van der Waals surface area contributed by atoms with E-state index in [1.54, 1.807) is 4.31 Å². The lowest BCUT2D eigenvalue weighted by Gasteiger charge is -2.30. The monoisotopic (exact) mass is 263 g/mol. The molecule has 0 aliphatic carbocycles. The van der Waals surface area contributed by atoms with E-state index in [0.717, 1.165) is 25.7 Å². The average molecular weight is 263 g/mol. The summed E-state index contributed by atoms with van der Waals surface area (Å²) >= 11 is 0. The lowest BCUT2D eigenvalue weighted by molar-refractivity contribution is 0.283. The first-order chi connectivity index (χ1) is 7.99. The Bertz CT molecular complexity index is 311. The van der Waals surface area contributed by atoms with Gasteiger partial charge >= 0.3 is 0 Å². The molecule has 1 rings (SSSR count). The van der Waals surface area contributed by atoms with Crippen molar-refractivity contribution in [2.45, 2.75) is 45.6 Å². The number of piperidine rings is 1. The summed E-state index contributed by atoms with van der Waals surface area (Å²) in [6.45, 7) is 5.80. The molecule has 0 amide bonds. The van der Waals surface area contributed by atoms with Gasteiger partial charge in [-0.2, -0.15) is 17.4 Å². The summed E-state index contributed by atoms with van der Waals surface area (Å²) in [5.74, 6) is 0.627. The van der Waals surface area contributed by atoms with Crippen LogP contribution in [0, 0.1) is 5.92 Å². The molecule has 3 N–H and O–H groups in total. The van der Waals surface area contributed by atoms with Gasteiger partial charge in [-0.05, 0) is 25.2 Å². The van der Waals surface area contributed by atoms with Gasteiger partial charge in [0.15, 0.2) is 0 Å². The van der Waals surface area contributed by atoms with Gasteiger partial charge in [-0.1, -0.05) is 20.3 Å². The summed E-state index contributed by atoms with van der Waals surface area (Å²) in [5, 5.41) is 0. The van der Waals surface area contributed by atoms with Crippen molar-refractivity contribution < 1.29 is 8.42 Å². The highest BCUT2D eigenvalue weighted by Gasteiger charge is 2.27. The number of nitrogens with one attached hydrogen (secondary N) is 1. The van der Waals surface area contributed by atoms with Crippen molar-refractivity contribution in [3.05, 3.63) is 0 Å². The van der Waals surface area contributed by atoms with Crippen molar-refractivity contribution in [2.24, 2.45) is 11.7 Å². The fourth-order valence-electron chi connectivity index (χ4n) is 2.08. The Hall–Kier alpha value is -0.170. The van der Waals surface area contributed by atoms with E-state index in [2.05, 4.69) is 11.6 Å². The van der Waals surface area contributed by atoms with Gasteiger partial charge in [0.2, 0.25) is 0 Å². The fourth-order valence-corrected chi connectivity index (χ4v) is 3.56. The van der Waals surface area contributed by atoms with E-state index < -0.39 is 10.2 Å². The third-order valence-electron chi connectivity index (χ3n) is 3.32. The summed E-state index contributed by atoms with van der Waals surface area (Å²) < 4.78 is 28.4. The highest BCUT2D eigenvalue weighted by Crippen LogP contribution is 2.18. The summed E-state index contributed by atoms with van der Waals surface area (Å²) in [6.07, 6.45) is 3.62. The van der Waals surface area contributed by atoms with Gasteiger partial charge < -0.3 is 5.73 Å². The quantitative estimate of drug-likeness (QED) is 0.740. The maximum atomic E-state index is 12.1. The van der Waals surface area contributed by atoms with Crippen LogP contribution in [0.4, 0.5) is 0 Å². The van der Waals surface area contributed by atoms with Gasteiger partial charge in [-0.25, -0.2) is 0 Å². The Morgan fingerprint density at radius 1 is 1.41 bits per heavy atom. The zero-order valence-electron chi connectivity index (χ0n) is 10.9. The van der Waals surface area contributed by atoms with Gasteiger partial charge in [0, 0.05) is 25.7 Å². The molecule has 0 spiro atoms. The molecule has 1 fully saturated rings. The highest BCUT2D eigenvalue weighted by molar-refractivity contribution is 7.87. The molecule has 6 heteroatoms. The number of hydrogen-bond acceptors (Lipinski definition) is 3. The first-order valence-electron chi connectivity index (χ1n) is 6.47. The minimum absolute atomic E-state index is 0.135. The molecular formula is C11H25N3O2S. The molecule has 0 aromatic rings. The second kappa shape index (κ2) is 6.68. The van der Waals surface area contributed by atoms with Crippen molar-refractivity contribution in [3.8, 4) is 0 Å². The van der Waals surface area contributed by atoms with Crippen LogP contribution in [0.25, 0.3) is 0 Å². The molecule has 17 heavy (non-hydrogen) atoms. The third kappa shape index (κ3) is 4.54. The molecule has 102 valence electrons. The van der Waals surface area contributed by atoms with Crippen molar-refractivity contribution in [1.29, 1.82) is 0 Å². The molecule has 0 aromatic carbocycles.